The minimum absolute atomic E-state index is 0.0601. The molecule has 3 nitrogen and oxygen atoms in total. The summed E-state index contributed by atoms with van der Waals surface area (Å²) in [6.07, 6.45) is 4.55. The molecule has 1 aromatic heterocycles. The fourth-order valence-corrected chi connectivity index (χ4v) is 4.52. The average molecular weight is 278 g/mol. The molecule has 0 fully saturated rings. The first-order valence-electron chi connectivity index (χ1n) is 7.31. The van der Waals surface area contributed by atoms with Crippen molar-refractivity contribution in [2.24, 2.45) is 5.41 Å². The normalized spacial score (nSPS) is 25.3. The van der Waals surface area contributed by atoms with Gasteiger partial charge in [0.25, 0.3) is 5.91 Å². The van der Waals surface area contributed by atoms with Crippen molar-refractivity contribution in [2.75, 3.05) is 7.05 Å². The number of rotatable bonds is 0. The molecular formula is C18H18N2O. The molecule has 0 saturated carbocycles. The van der Waals surface area contributed by atoms with Crippen molar-refractivity contribution >= 4 is 5.91 Å². The van der Waals surface area contributed by atoms with Crippen LogP contribution in [-0.2, 0) is 12.0 Å². The monoisotopic (exact) mass is 278 g/mol. The highest BCUT2D eigenvalue weighted by Crippen LogP contribution is 2.59. The Morgan fingerprint density at radius 3 is 2.71 bits per heavy atom. The Morgan fingerprint density at radius 1 is 1.14 bits per heavy atom. The number of carbonyl (C=O) groups is 1. The molecule has 0 radical (unpaired) electrons. The van der Waals surface area contributed by atoms with E-state index in [1.54, 1.807) is 6.20 Å². The standard InChI is InChI=1S/C18H18N2O/c1-17(2)10-12-6-4-5-7-14(12)18(17)15-11-19-9-8-13(15)16(21)20(18)3/h4-9,11H,10H2,1-3H3. The van der Waals surface area contributed by atoms with Crippen LogP contribution < -0.4 is 0 Å². The number of amides is 1. The predicted molar refractivity (Wildman–Crippen MR) is 81.0 cm³/mol. The van der Waals surface area contributed by atoms with Crippen molar-refractivity contribution in [2.45, 2.75) is 25.8 Å². The lowest BCUT2D eigenvalue weighted by atomic mass is 9.69. The molecule has 1 aromatic carbocycles. The number of carbonyl (C=O) groups excluding carboxylic acids is 1. The van der Waals surface area contributed by atoms with Crippen molar-refractivity contribution in [3.63, 3.8) is 0 Å². The molecule has 1 amide bonds. The quantitative estimate of drug-likeness (QED) is 0.742. The van der Waals surface area contributed by atoms with Crippen LogP contribution in [0.1, 0.15) is 40.9 Å². The molecule has 21 heavy (non-hydrogen) atoms. The van der Waals surface area contributed by atoms with E-state index in [1.165, 1.54) is 11.1 Å². The molecule has 1 unspecified atom stereocenters. The zero-order valence-electron chi connectivity index (χ0n) is 12.6. The van der Waals surface area contributed by atoms with Gasteiger partial charge in [-0.05, 0) is 23.6 Å². The number of pyridine rings is 1. The van der Waals surface area contributed by atoms with Crippen molar-refractivity contribution in [3.8, 4) is 0 Å². The minimum atomic E-state index is -0.399. The summed E-state index contributed by atoms with van der Waals surface area (Å²) < 4.78 is 0. The van der Waals surface area contributed by atoms with E-state index < -0.39 is 5.54 Å². The summed E-state index contributed by atoms with van der Waals surface area (Å²) in [5, 5.41) is 0. The highest BCUT2D eigenvalue weighted by molar-refractivity contribution is 6.01. The number of benzene rings is 1. The molecule has 4 rings (SSSR count). The van der Waals surface area contributed by atoms with E-state index in [9.17, 15) is 4.79 Å². The molecular weight excluding hydrogens is 260 g/mol. The van der Waals surface area contributed by atoms with Crippen LogP contribution in [0.4, 0.5) is 0 Å². The molecule has 2 heterocycles. The molecule has 2 aromatic rings. The van der Waals surface area contributed by atoms with Crippen LogP contribution in [0.5, 0.6) is 0 Å². The highest BCUT2D eigenvalue weighted by atomic mass is 16.2. The van der Waals surface area contributed by atoms with Gasteiger partial charge in [0.05, 0.1) is 0 Å². The van der Waals surface area contributed by atoms with Gasteiger partial charge in [-0.2, -0.15) is 0 Å². The van der Waals surface area contributed by atoms with Crippen LogP contribution >= 0.6 is 0 Å². The number of fused-ring (bicyclic) bond motifs is 4. The maximum absolute atomic E-state index is 12.8. The van der Waals surface area contributed by atoms with Gasteiger partial charge in [0.2, 0.25) is 0 Å². The number of hydrogen-bond donors (Lipinski definition) is 0. The Bertz CT molecular complexity index is 765. The maximum Gasteiger partial charge on any atom is 0.255 e. The molecule has 3 heteroatoms. The van der Waals surface area contributed by atoms with E-state index in [1.807, 2.05) is 24.2 Å². The summed E-state index contributed by atoms with van der Waals surface area (Å²) in [5.74, 6) is 0.0946. The molecule has 0 saturated heterocycles. The third kappa shape index (κ3) is 1.25. The van der Waals surface area contributed by atoms with Crippen molar-refractivity contribution in [3.05, 3.63) is 65.0 Å². The van der Waals surface area contributed by atoms with E-state index in [0.717, 1.165) is 17.5 Å². The molecule has 2 aliphatic rings. The second kappa shape index (κ2) is 3.73. The third-order valence-electron chi connectivity index (χ3n) is 5.27. The van der Waals surface area contributed by atoms with Crippen LogP contribution in [0, 0.1) is 5.41 Å². The van der Waals surface area contributed by atoms with Crippen molar-refractivity contribution in [1.29, 1.82) is 0 Å². The summed E-state index contributed by atoms with van der Waals surface area (Å²) in [4.78, 5) is 19.0. The second-order valence-electron chi connectivity index (χ2n) is 6.71. The topological polar surface area (TPSA) is 33.2 Å². The zero-order valence-corrected chi connectivity index (χ0v) is 12.6. The Balaban J connectivity index is 2.13. The highest BCUT2D eigenvalue weighted by Gasteiger charge is 2.61. The van der Waals surface area contributed by atoms with Crippen LogP contribution in [0.15, 0.2) is 42.7 Å². The summed E-state index contributed by atoms with van der Waals surface area (Å²) in [5.41, 5.74) is 3.96. The maximum atomic E-state index is 12.8. The number of aromatic nitrogens is 1. The van der Waals surface area contributed by atoms with E-state index in [4.69, 9.17) is 0 Å². The molecule has 1 aliphatic heterocycles. The van der Waals surface area contributed by atoms with Gasteiger partial charge in [-0.3, -0.25) is 9.78 Å². The first-order valence-corrected chi connectivity index (χ1v) is 7.31. The molecule has 106 valence electrons. The lowest BCUT2D eigenvalue weighted by Crippen LogP contribution is -2.50. The van der Waals surface area contributed by atoms with E-state index in [0.29, 0.717) is 0 Å². The SMILES string of the molecule is CN1C(=O)c2ccncc2C12c1ccccc1CC2(C)C. The number of nitrogens with zero attached hydrogens (tertiary/aromatic N) is 2. The van der Waals surface area contributed by atoms with E-state index >= 15 is 0 Å². The lowest BCUT2D eigenvalue weighted by molar-refractivity contribution is 0.0435. The lowest BCUT2D eigenvalue weighted by Gasteiger charge is -2.44. The first kappa shape index (κ1) is 12.6. The summed E-state index contributed by atoms with van der Waals surface area (Å²) in [6, 6.07) is 10.3. The average Bonchev–Trinajstić information content (AvgIpc) is 2.85. The van der Waals surface area contributed by atoms with E-state index in [-0.39, 0.29) is 11.3 Å². The predicted octanol–water partition coefficient (Wildman–Crippen LogP) is 2.99. The fraction of sp³-hybridized carbons (Fsp3) is 0.333. The smallest absolute Gasteiger partial charge is 0.255 e. The van der Waals surface area contributed by atoms with Crippen molar-refractivity contribution < 1.29 is 4.79 Å². The van der Waals surface area contributed by atoms with E-state index in [2.05, 4.69) is 43.1 Å². The van der Waals surface area contributed by atoms with Gasteiger partial charge in [0.15, 0.2) is 0 Å². The summed E-state index contributed by atoms with van der Waals surface area (Å²) in [6.45, 7) is 4.50. The Kier molecular flexibility index (Phi) is 2.23. The van der Waals surface area contributed by atoms with Gasteiger partial charge in [0.1, 0.15) is 5.54 Å². The van der Waals surface area contributed by atoms with Gasteiger partial charge in [0, 0.05) is 36.0 Å². The largest absolute Gasteiger partial charge is 0.327 e. The number of hydrogen-bond acceptors (Lipinski definition) is 2. The summed E-state index contributed by atoms with van der Waals surface area (Å²) >= 11 is 0. The van der Waals surface area contributed by atoms with Gasteiger partial charge in [-0.25, -0.2) is 0 Å². The second-order valence-corrected chi connectivity index (χ2v) is 6.71. The Labute approximate surface area is 124 Å². The molecule has 1 aliphatic carbocycles. The fourth-order valence-electron chi connectivity index (χ4n) is 4.52. The van der Waals surface area contributed by atoms with Gasteiger partial charge < -0.3 is 4.90 Å². The van der Waals surface area contributed by atoms with Gasteiger partial charge >= 0.3 is 0 Å². The first-order chi connectivity index (χ1) is 10.00. The molecule has 0 N–H and O–H groups in total. The minimum Gasteiger partial charge on any atom is -0.327 e. The van der Waals surface area contributed by atoms with Gasteiger partial charge in [-0.1, -0.05) is 38.1 Å². The van der Waals surface area contributed by atoms with Gasteiger partial charge in [-0.15, -0.1) is 0 Å². The Morgan fingerprint density at radius 2 is 1.90 bits per heavy atom. The third-order valence-corrected chi connectivity index (χ3v) is 5.27. The molecule has 0 bridgehead atoms. The Hall–Kier alpha value is -2.16. The molecule has 1 spiro atoms. The van der Waals surface area contributed by atoms with Crippen LogP contribution in [0.3, 0.4) is 0 Å². The zero-order chi connectivity index (χ0) is 14.8. The van der Waals surface area contributed by atoms with Crippen LogP contribution in [0.25, 0.3) is 0 Å². The van der Waals surface area contributed by atoms with Crippen LogP contribution in [-0.4, -0.2) is 22.8 Å². The summed E-state index contributed by atoms with van der Waals surface area (Å²) in [7, 11) is 1.92. The molecule has 1 atom stereocenters. The van der Waals surface area contributed by atoms with Crippen molar-refractivity contribution in [1.82, 2.24) is 9.88 Å². The van der Waals surface area contributed by atoms with Crippen LogP contribution in [0.2, 0.25) is 0 Å².